The van der Waals surface area contributed by atoms with Crippen molar-refractivity contribution in [3.63, 3.8) is 0 Å². The summed E-state index contributed by atoms with van der Waals surface area (Å²) in [5.74, 6) is 0. The molecule has 0 aliphatic rings. The van der Waals surface area contributed by atoms with Crippen LogP contribution in [0.25, 0.3) is 0 Å². The van der Waals surface area contributed by atoms with Gasteiger partial charge >= 0.3 is 68.3 Å². The van der Waals surface area contributed by atoms with Gasteiger partial charge in [-0.15, -0.1) is 0 Å². The molecule has 0 radical (unpaired) electrons. The van der Waals surface area contributed by atoms with Crippen LogP contribution in [-0.4, -0.2) is 94.6 Å². The summed E-state index contributed by atoms with van der Waals surface area (Å²) in [7, 11) is -9.28. The summed E-state index contributed by atoms with van der Waals surface area (Å²) in [5, 5.41) is 0. The fraction of sp³-hybridized carbons (Fsp3) is 0. The minimum atomic E-state index is -4.67. The third-order valence-corrected chi connectivity index (χ3v) is 0. The molecule has 0 heterocycles. The molecule has 0 aliphatic carbocycles. The Balaban J connectivity index is -0.0000000267. The van der Waals surface area contributed by atoms with Crippen molar-refractivity contribution in [2.24, 2.45) is 0 Å². The summed E-state index contributed by atoms with van der Waals surface area (Å²) in [5.41, 5.74) is 0. The monoisotopic (exact) mass is 334 g/mol. The fourth-order valence-electron chi connectivity index (χ4n) is 0. The average molecular weight is 334 g/mol. The van der Waals surface area contributed by atoms with Crippen LogP contribution in [0.2, 0.25) is 0 Å². The summed E-state index contributed by atoms with van der Waals surface area (Å²) in [6.07, 6.45) is 0. The van der Waals surface area contributed by atoms with Gasteiger partial charge in [0.1, 0.15) is 0 Å². The second-order valence-electron chi connectivity index (χ2n) is 1.05. The molecule has 0 bridgehead atoms. The third kappa shape index (κ3) is 462. The molecular weight excluding hydrogens is 325 g/mol. The maximum absolute atomic E-state index is 8.74. The molecule has 0 rings (SSSR count). The third-order valence-electron chi connectivity index (χ3n) is 0. The molecule has 0 saturated heterocycles. The Bertz CT molecular complexity index is 157. The molecule has 0 amide bonds. The Hall–Kier alpha value is 1.50. The molecule has 8 nitrogen and oxygen atoms in total. The first kappa shape index (κ1) is 18.3. The first-order valence-corrected chi connectivity index (χ1v) is 4.78. The van der Waals surface area contributed by atoms with Crippen LogP contribution in [-0.2, 0) is 10.4 Å². The van der Waals surface area contributed by atoms with Gasteiger partial charge in [-0.2, -0.15) is 8.42 Å². The van der Waals surface area contributed by atoms with E-state index in [0.717, 1.165) is 0 Å². The van der Waals surface area contributed by atoms with Gasteiger partial charge in [0.15, 0.2) is 0 Å². The number of hydrogen-bond donors (Lipinski definition) is 6. The van der Waals surface area contributed by atoms with Crippen LogP contribution >= 0.6 is 0 Å². The van der Waals surface area contributed by atoms with E-state index in [1.807, 2.05) is 0 Å². The van der Waals surface area contributed by atoms with Crippen LogP contribution in [0, 0.1) is 0 Å². The van der Waals surface area contributed by atoms with Gasteiger partial charge in [-0.25, -0.2) is 0 Å². The molecule has 0 spiro atoms. The quantitative estimate of drug-likeness (QED) is 0.198. The summed E-state index contributed by atoms with van der Waals surface area (Å²) in [6, 6.07) is 0. The van der Waals surface area contributed by atoms with E-state index in [-0.39, 0.29) is 51.7 Å². The van der Waals surface area contributed by atoms with Gasteiger partial charge in [-0.05, 0) is 0 Å². The van der Waals surface area contributed by atoms with E-state index in [9.17, 15) is 0 Å². The minimum Gasteiger partial charge on any atom is -1.00 e. The molecule has 0 unspecified atom stereocenters. The maximum Gasteiger partial charge on any atom is 2.00 e. The molecule has 0 aromatic heterocycles. The first-order chi connectivity index (χ1) is 4.00. The Kier molecular flexibility index (Phi) is 11.6. The first-order valence-electron chi connectivity index (χ1n) is 1.59. The molecule has 0 aliphatic heterocycles. The van der Waals surface area contributed by atoms with E-state index >= 15 is 0 Å². The van der Waals surface area contributed by atoms with Crippen LogP contribution in [0.5, 0.6) is 0 Å². The Morgan fingerprint density at radius 1 is 1.00 bits per heavy atom. The number of hydrogen-bond acceptors (Lipinski definition) is 6. The van der Waals surface area contributed by atoms with Crippen molar-refractivity contribution >= 4 is 68.3 Å². The SMILES string of the molecule is O=S(=O)(O)O.O[Si](O)(O)O.[Ba+2].[H-].[H-]. The Morgan fingerprint density at radius 2 is 1.00 bits per heavy atom. The van der Waals surface area contributed by atoms with Gasteiger partial charge in [0.2, 0.25) is 0 Å². The van der Waals surface area contributed by atoms with Crippen LogP contribution in [0.3, 0.4) is 0 Å². The zero-order valence-corrected chi connectivity index (χ0v) is 11.4. The molecule has 68 valence electrons. The van der Waals surface area contributed by atoms with Gasteiger partial charge in [0.25, 0.3) is 0 Å². The van der Waals surface area contributed by atoms with Crippen LogP contribution in [0.4, 0.5) is 0 Å². The molecule has 0 atom stereocenters. The maximum atomic E-state index is 8.74. The Morgan fingerprint density at radius 3 is 1.00 bits per heavy atom. The second-order valence-corrected chi connectivity index (χ2v) is 3.14. The van der Waals surface area contributed by atoms with Gasteiger partial charge in [0, 0.05) is 0 Å². The van der Waals surface area contributed by atoms with E-state index < -0.39 is 19.4 Å². The standard InChI is InChI=1S/Ba.H2O4S.H4O4Si.2H/c;2*1-5(2,3)4;;/h;(H2,1,2,3,4);1-4H;;/q+2;;;2*-1. The normalized spacial score (nSPS) is 10.7. The molecule has 0 aromatic carbocycles. The predicted molar refractivity (Wildman–Crippen MR) is 36.8 cm³/mol. The zero-order valence-electron chi connectivity index (χ0n) is 7.12. The molecule has 0 fully saturated rings. The molecule has 6 N–H and O–H groups in total. The smallest absolute Gasteiger partial charge is 1.00 e. The van der Waals surface area contributed by atoms with Crippen molar-refractivity contribution in [3.8, 4) is 0 Å². The average Bonchev–Trinajstić information content (AvgIpc) is 1.12. The van der Waals surface area contributed by atoms with Gasteiger partial charge in [-0.1, -0.05) is 0 Å². The van der Waals surface area contributed by atoms with Crippen molar-refractivity contribution in [3.05, 3.63) is 0 Å². The topological polar surface area (TPSA) is 156 Å². The largest absolute Gasteiger partial charge is 2.00 e. The minimum absolute atomic E-state index is 0. The fourth-order valence-corrected chi connectivity index (χ4v) is 0. The van der Waals surface area contributed by atoms with Gasteiger partial charge < -0.3 is 22.0 Å². The summed E-state index contributed by atoms with van der Waals surface area (Å²) in [6.45, 7) is 0. The van der Waals surface area contributed by atoms with E-state index in [4.69, 9.17) is 36.7 Å². The predicted octanol–water partition coefficient (Wildman–Crippen LogP) is -3.42. The van der Waals surface area contributed by atoms with Crippen LogP contribution < -0.4 is 0 Å². The van der Waals surface area contributed by atoms with E-state index in [2.05, 4.69) is 0 Å². The van der Waals surface area contributed by atoms with E-state index in [1.54, 1.807) is 0 Å². The summed E-state index contributed by atoms with van der Waals surface area (Å²) in [4.78, 5) is 29.3. The molecule has 0 aromatic rings. The molecular formula is H8BaO8SSi. The van der Waals surface area contributed by atoms with Crippen LogP contribution in [0.1, 0.15) is 2.85 Å². The van der Waals surface area contributed by atoms with Gasteiger partial charge in [0.05, 0.1) is 0 Å². The Labute approximate surface area is 107 Å². The molecule has 11 heavy (non-hydrogen) atoms. The van der Waals surface area contributed by atoms with E-state index in [1.165, 1.54) is 0 Å². The molecule has 0 saturated carbocycles. The van der Waals surface area contributed by atoms with Crippen molar-refractivity contribution in [2.75, 3.05) is 0 Å². The van der Waals surface area contributed by atoms with Crippen molar-refractivity contribution in [2.45, 2.75) is 0 Å². The molecule has 11 heteroatoms. The number of rotatable bonds is 0. The van der Waals surface area contributed by atoms with Crippen molar-refractivity contribution < 1.29 is 39.6 Å². The second kappa shape index (κ2) is 6.96. The summed E-state index contributed by atoms with van der Waals surface area (Å²) < 4.78 is 31.6. The van der Waals surface area contributed by atoms with Crippen molar-refractivity contribution in [1.82, 2.24) is 0 Å². The zero-order chi connectivity index (χ0) is 9.00. The summed E-state index contributed by atoms with van der Waals surface area (Å²) >= 11 is 0. The van der Waals surface area contributed by atoms with Crippen LogP contribution in [0.15, 0.2) is 0 Å². The van der Waals surface area contributed by atoms with Crippen molar-refractivity contribution in [1.29, 1.82) is 0 Å². The van der Waals surface area contributed by atoms with E-state index in [0.29, 0.717) is 0 Å². The van der Waals surface area contributed by atoms with Gasteiger partial charge in [-0.3, -0.25) is 9.11 Å².